The number of rotatable bonds is 5. The Labute approximate surface area is 138 Å². The van der Waals surface area contributed by atoms with E-state index >= 15 is 0 Å². The summed E-state index contributed by atoms with van der Waals surface area (Å²) in [4.78, 5) is 24.3. The molecular formula is C17H15ClO5. The van der Waals surface area contributed by atoms with E-state index in [-0.39, 0.29) is 17.1 Å². The van der Waals surface area contributed by atoms with Crippen LogP contribution in [0.3, 0.4) is 0 Å². The molecular weight excluding hydrogens is 320 g/mol. The molecule has 0 unspecified atom stereocenters. The van der Waals surface area contributed by atoms with Crippen LogP contribution in [0.15, 0.2) is 42.5 Å². The molecule has 23 heavy (non-hydrogen) atoms. The first-order valence-corrected chi connectivity index (χ1v) is 7.18. The highest BCUT2D eigenvalue weighted by Gasteiger charge is 2.22. The van der Waals surface area contributed by atoms with Crippen molar-refractivity contribution < 1.29 is 24.2 Å². The summed E-state index contributed by atoms with van der Waals surface area (Å²) in [6.45, 7) is 1.46. The van der Waals surface area contributed by atoms with E-state index in [0.29, 0.717) is 16.3 Å². The van der Waals surface area contributed by atoms with Gasteiger partial charge in [0.1, 0.15) is 17.1 Å². The van der Waals surface area contributed by atoms with E-state index in [1.807, 2.05) is 0 Å². The average Bonchev–Trinajstić information content (AvgIpc) is 2.55. The molecule has 1 atom stereocenters. The minimum atomic E-state index is -1.01. The third kappa shape index (κ3) is 4.02. The number of benzene rings is 2. The number of ether oxygens (including phenoxy) is 2. The van der Waals surface area contributed by atoms with Gasteiger partial charge in [0.15, 0.2) is 6.10 Å². The monoisotopic (exact) mass is 334 g/mol. The van der Waals surface area contributed by atoms with Crippen molar-refractivity contribution in [2.24, 2.45) is 0 Å². The maximum Gasteiger partial charge on any atom is 0.342 e. The molecule has 0 spiro atoms. The van der Waals surface area contributed by atoms with Crippen molar-refractivity contribution in [2.45, 2.75) is 13.0 Å². The second kappa shape index (κ2) is 7.15. The predicted molar refractivity (Wildman–Crippen MR) is 85.3 cm³/mol. The molecule has 0 aliphatic heterocycles. The molecule has 0 aromatic heterocycles. The van der Waals surface area contributed by atoms with Crippen molar-refractivity contribution in [3.63, 3.8) is 0 Å². The molecule has 2 aromatic rings. The molecule has 0 radical (unpaired) electrons. The third-order valence-corrected chi connectivity index (χ3v) is 3.46. The molecule has 0 saturated carbocycles. The Balaban J connectivity index is 2.13. The van der Waals surface area contributed by atoms with Crippen molar-refractivity contribution >= 4 is 23.4 Å². The van der Waals surface area contributed by atoms with Gasteiger partial charge in [0, 0.05) is 10.6 Å². The topological polar surface area (TPSA) is 72.8 Å². The van der Waals surface area contributed by atoms with Crippen LogP contribution in [-0.4, -0.2) is 30.1 Å². The molecule has 0 aliphatic carbocycles. The summed E-state index contributed by atoms with van der Waals surface area (Å²) in [5.74, 6) is -1.03. The number of methoxy groups -OCH3 is 1. The highest BCUT2D eigenvalue weighted by atomic mass is 35.5. The number of halogens is 1. The Hall–Kier alpha value is -2.53. The maximum atomic E-state index is 12.2. The fourth-order valence-corrected chi connectivity index (χ4v) is 2.06. The highest BCUT2D eigenvalue weighted by Crippen LogP contribution is 2.24. The molecule has 2 rings (SSSR count). The summed E-state index contributed by atoms with van der Waals surface area (Å²) in [7, 11) is 1.44. The van der Waals surface area contributed by atoms with Crippen LogP contribution in [0, 0.1) is 0 Å². The summed E-state index contributed by atoms with van der Waals surface area (Å²) in [5, 5.41) is 10.3. The molecule has 5 nitrogen and oxygen atoms in total. The zero-order chi connectivity index (χ0) is 17.0. The number of hydrogen-bond acceptors (Lipinski definition) is 5. The number of carbonyl (C=O) groups excluding carboxylic acids is 2. The number of aromatic hydroxyl groups is 1. The lowest BCUT2D eigenvalue weighted by Gasteiger charge is -2.13. The van der Waals surface area contributed by atoms with Gasteiger partial charge in [-0.25, -0.2) is 4.79 Å². The van der Waals surface area contributed by atoms with E-state index in [0.717, 1.165) is 0 Å². The van der Waals surface area contributed by atoms with Crippen LogP contribution < -0.4 is 4.74 Å². The van der Waals surface area contributed by atoms with Crippen molar-refractivity contribution in [3.8, 4) is 11.5 Å². The molecule has 2 aromatic carbocycles. The molecule has 0 heterocycles. The predicted octanol–water partition coefficient (Wildman–Crippen LogP) is 3.48. The van der Waals surface area contributed by atoms with Crippen LogP contribution in [0.25, 0.3) is 0 Å². The zero-order valence-corrected chi connectivity index (χ0v) is 13.3. The van der Waals surface area contributed by atoms with Gasteiger partial charge in [-0.3, -0.25) is 4.79 Å². The number of esters is 1. The Kier molecular flexibility index (Phi) is 5.24. The number of ketones is 1. The fourth-order valence-electron chi connectivity index (χ4n) is 1.93. The average molecular weight is 335 g/mol. The fraction of sp³-hybridized carbons (Fsp3) is 0.176. The second-order valence-corrected chi connectivity index (χ2v) is 5.24. The highest BCUT2D eigenvalue weighted by molar-refractivity contribution is 6.30. The van der Waals surface area contributed by atoms with E-state index in [1.54, 1.807) is 24.3 Å². The normalized spacial score (nSPS) is 11.6. The number of phenolic OH excluding ortho intramolecular Hbond substituents is 1. The first-order valence-electron chi connectivity index (χ1n) is 6.80. The van der Waals surface area contributed by atoms with Gasteiger partial charge >= 0.3 is 5.97 Å². The maximum absolute atomic E-state index is 12.2. The molecule has 1 N–H and O–H groups in total. The van der Waals surface area contributed by atoms with Crippen LogP contribution in [0.1, 0.15) is 27.6 Å². The Morgan fingerprint density at radius 1 is 1.13 bits per heavy atom. The van der Waals surface area contributed by atoms with Crippen LogP contribution in [-0.2, 0) is 4.74 Å². The summed E-state index contributed by atoms with van der Waals surface area (Å²) in [5.41, 5.74) is 0.310. The van der Waals surface area contributed by atoms with Gasteiger partial charge in [0.05, 0.1) is 7.11 Å². The van der Waals surface area contributed by atoms with Crippen LogP contribution >= 0.6 is 11.6 Å². The Morgan fingerprint density at radius 3 is 2.39 bits per heavy atom. The first kappa shape index (κ1) is 16.8. The van der Waals surface area contributed by atoms with E-state index in [9.17, 15) is 14.7 Å². The lowest BCUT2D eigenvalue weighted by molar-refractivity contribution is 0.0315. The SMILES string of the molecule is COc1ccc(O)c(C(=O)O[C@H](C)C(=O)c2ccc(Cl)cc2)c1. The first-order chi connectivity index (χ1) is 10.9. The summed E-state index contributed by atoms with van der Waals surface area (Å²) >= 11 is 5.77. The van der Waals surface area contributed by atoms with Gasteiger partial charge in [0.25, 0.3) is 0 Å². The smallest absolute Gasteiger partial charge is 0.342 e. The van der Waals surface area contributed by atoms with Crippen LogP contribution in [0.5, 0.6) is 11.5 Å². The van der Waals surface area contributed by atoms with Gasteiger partial charge in [-0.1, -0.05) is 11.6 Å². The standard InChI is InChI=1S/C17H15ClO5/c1-10(16(20)11-3-5-12(18)6-4-11)23-17(21)14-9-13(22-2)7-8-15(14)19/h3-10,19H,1-2H3/t10-/m1/s1. The third-order valence-electron chi connectivity index (χ3n) is 3.21. The Morgan fingerprint density at radius 2 is 1.78 bits per heavy atom. The van der Waals surface area contributed by atoms with Gasteiger partial charge in [-0.15, -0.1) is 0 Å². The quantitative estimate of drug-likeness (QED) is 0.669. The number of carbonyl (C=O) groups is 2. The minimum absolute atomic E-state index is 0.0693. The van der Waals surface area contributed by atoms with Gasteiger partial charge in [0.2, 0.25) is 5.78 Å². The van der Waals surface area contributed by atoms with Crippen LogP contribution in [0.4, 0.5) is 0 Å². The molecule has 6 heteroatoms. The van der Waals surface area contributed by atoms with Crippen LogP contribution in [0.2, 0.25) is 5.02 Å². The largest absolute Gasteiger partial charge is 0.507 e. The molecule has 0 saturated heterocycles. The number of Topliss-reactive ketones (excluding diaryl/α,β-unsaturated/α-hetero) is 1. The Bertz CT molecular complexity index is 724. The summed E-state index contributed by atoms with van der Waals surface area (Å²) in [6.07, 6.45) is -1.01. The molecule has 0 amide bonds. The second-order valence-electron chi connectivity index (χ2n) is 4.80. The lowest BCUT2D eigenvalue weighted by Crippen LogP contribution is -2.24. The molecule has 0 aliphatic rings. The van der Waals surface area contributed by atoms with E-state index in [2.05, 4.69) is 0 Å². The zero-order valence-electron chi connectivity index (χ0n) is 12.6. The lowest BCUT2D eigenvalue weighted by atomic mass is 10.1. The van der Waals surface area contributed by atoms with Gasteiger partial charge in [-0.05, 0) is 49.4 Å². The number of phenols is 1. The van der Waals surface area contributed by atoms with Crippen molar-refractivity contribution in [1.82, 2.24) is 0 Å². The summed E-state index contributed by atoms with van der Waals surface area (Å²) < 4.78 is 10.1. The number of hydrogen-bond donors (Lipinski definition) is 1. The van der Waals surface area contributed by atoms with Crippen molar-refractivity contribution in [2.75, 3.05) is 7.11 Å². The minimum Gasteiger partial charge on any atom is -0.507 e. The van der Waals surface area contributed by atoms with Gasteiger partial charge in [-0.2, -0.15) is 0 Å². The van der Waals surface area contributed by atoms with E-state index < -0.39 is 12.1 Å². The van der Waals surface area contributed by atoms with Gasteiger partial charge < -0.3 is 14.6 Å². The molecule has 120 valence electrons. The molecule has 0 fully saturated rings. The van der Waals surface area contributed by atoms with Crippen molar-refractivity contribution in [1.29, 1.82) is 0 Å². The molecule has 0 bridgehead atoms. The summed E-state index contributed by atoms with van der Waals surface area (Å²) in [6, 6.07) is 10.4. The van der Waals surface area contributed by atoms with Crippen molar-refractivity contribution in [3.05, 3.63) is 58.6 Å². The van der Waals surface area contributed by atoms with E-state index in [1.165, 1.54) is 32.2 Å². The van der Waals surface area contributed by atoms with E-state index in [4.69, 9.17) is 21.1 Å².